The molecule has 0 radical (unpaired) electrons. The lowest BCUT2D eigenvalue weighted by molar-refractivity contribution is -0.384. The highest BCUT2D eigenvalue weighted by Crippen LogP contribution is 2.34. The second kappa shape index (κ2) is 11.1. The van der Waals surface area contributed by atoms with E-state index in [4.69, 9.17) is 33.5 Å². The molecule has 0 aromatic carbocycles. The zero-order valence-electron chi connectivity index (χ0n) is 15.3. The normalized spacial score (nSPS) is 19.6. The summed E-state index contributed by atoms with van der Waals surface area (Å²) in [4.78, 5) is 22.4. The van der Waals surface area contributed by atoms with Crippen molar-refractivity contribution in [2.45, 2.75) is 64.3 Å². The van der Waals surface area contributed by atoms with Gasteiger partial charge in [-0.2, -0.15) is 4.89 Å². The Bertz CT molecular complexity index is 329. The zero-order chi connectivity index (χ0) is 18.0. The first kappa shape index (κ1) is 22.4. The summed E-state index contributed by atoms with van der Waals surface area (Å²) in [7, 11) is 4.99. The van der Waals surface area contributed by atoms with Gasteiger partial charge in [0.2, 0.25) is 0 Å². The SMILES string of the molecule is CCC([SiH3])C(OC(C)OC)(OC(C)OC)C(=O)OOC(C)OC. The summed E-state index contributed by atoms with van der Waals surface area (Å²) in [5.41, 5.74) is -0.216. The highest BCUT2D eigenvalue weighted by Gasteiger charge is 2.51. The summed E-state index contributed by atoms with van der Waals surface area (Å²) >= 11 is 0. The summed E-state index contributed by atoms with van der Waals surface area (Å²) < 4.78 is 26.6. The number of rotatable bonds is 12. The molecule has 0 aliphatic rings. The van der Waals surface area contributed by atoms with E-state index in [1.807, 2.05) is 6.92 Å². The highest BCUT2D eigenvalue weighted by molar-refractivity contribution is 6.14. The van der Waals surface area contributed by atoms with E-state index >= 15 is 0 Å². The molecule has 4 unspecified atom stereocenters. The lowest BCUT2D eigenvalue weighted by atomic mass is 10.1. The van der Waals surface area contributed by atoms with E-state index in [2.05, 4.69) is 0 Å². The summed E-state index contributed by atoms with van der Waals surface area (Å²) in [6, 6.07) is 0. The molecule has 0 rings (SSSR count). The van der Waals surface area contributed by atoms with Crippen LogP contribution in [0.15, 0.2) is 0 Å². The first-order valence-corrected chi connectivity index (χ1v) is 8.74. The zero-order valence-corrected chi connectivity index (χ0v) is 17.3. The van der Waals surface area contributed by atoms with Gasteiger partial charge < -0.3 is 23.7 Å². The fourth-order valence-corrected chi connectivity index (χ4v) is 2.13. The van der Waals surface area contributed by atoms with Crippen molar-refractivity contribution in [1.29, 1.82) is 0 Å². The Kier molecular flexibility index (Phi) is 10.8. The second-order valence-electron chi connectivity index (χ2n) is 5.09. The lowest BCUT2D eigenvalue weighted by Gasteiger charge is -2.38. The van der Waals surface area contributed by atoms with Crippen molar-refractivity contribution in [3.63, 3.8) is 0 Å². The Labute approximate surface area is 141 Å². The van der Waals surface area contributed by atoms with Crippen molar-refractivity contribution in [3.05, 3.63) is 0 Å². The van der Waals surface area contributed by atoms with E-state index in [-0.39, 0.29) is 5.54 Å². The fraction of sp³-hybridized carbons (Fsp3) is 0.929. The summed E-state index contributed by atoms with van der Waals surface area (Å²) in [5, 5.41) is 0. The van der Waals surface area contributed by atoms with Gasteiger partial charge in [0.15, 0.2) is 18.9 Å². The average Bonchev–Trinajstić information content (AvgIpc) is 2.56. The van der Waals surface area contributed by atoms with Crippen LogP contribution in [0.4, 0.5) is 0 Å². The Balaban J connectivity index is 5.44. The van der Waals surface area contributed by atoms with E-state index in [1.165, 1.54) is 21.3 Å². The molecule has 0 aliphatic carbocycles. The molecule has 8 nitrogen and oxygen atoms in total. The second-order valence-corrected chi connectivity index (χ2v) is 6.48. The largest absolute Gasteiger partial charge is 0.401 e. The molecule has 138 valence electrons. The van der Waals surface area contributed by atoms with Crippen molar-refractivity contribution in [3.8, 4) is 0 Å². The van der Waals surface area contributed by atoms with Crippen LogP contribution < -0.4 is 0 Å². The van der Waals surface area contributed by atoms with Gasteiger partial charge in [-0.05, 0) is 20.8 Å². The van der Waals surface area contributed by atoms with Gasteiger partial charge in [-0.25, -0.2) is 4.79 Å². The molecule has 0 fully saturated rings. The van der Waals surface area contributed by atoms with Gasteiger partial charge in [0.25, 0.3) is 5.79 Å². The molecule has 9 heteroatoms. The molecule has 0 heterocycles. The predicted molar refractivity (Wildman–Crippen MR) is 85.5 cm³/mol. The first-order chi connectivity index (χ1) is 10.8. The maximum Gasteiger partial charge on any atom is 0.401 e. The van der Waals surface area contributed by atoms with Crippen molar-refractivity contribution < 1.29 is 38.3 Å². The van der Waals surface area contributed by atoms with Crippen molar-refractivity contribution in [2.75, 3.05) is 21.3 Å². The first-order valence-electron chi connectivity index (χ1n) is 7.59. The topological polar surface area (TPSA) is 81.7 Å². The van der Waals surface area contributed by atoms with E-state index in [0.29, 0.717) is 16.7 Å². The van der Waals surface area contributed by atoms with Crippen LogP contribution in [0.2, 0.25) is 5.54 Å². The summed E-state index contributed by atoms with van der Waals surface area (Å²) in [5.74, 6) is -2.49. The third kappa shape index (κ3) is 6.84. The number of hydrogen-bond acceptors (Lipinski definition) is 8. The third-order valence-electron chi connectivity index (χ3n) is 3.48. The smallest absolute Gasteiger partial charge is 0.356 e. The van der Waals surface area contributed by atoms with E-state index in [9.17, 15) is 4.79 Å². The van der Waals surface area contributed by atoms with Crippen LogP contribution >= 0.6 is 0 Å². The molecule has 23 heavy (non-hydrogen) atoms. The monoisotopic (exact) mass is 354 g/mol. The molecular formula is C14H30O8Si. The minimum Gasteiger partial charge on any atom is -0.356 e. The summed E-state index contributed by atoms with van der Waals surface area (Å²) in [6.45, 7) is 6.83. The molecule has 0 amide bonds. The van der Waals surface area contributed by atoms with Gasteiger partial charge in [-0.15, -0.1) is 0 Å². The van der Waals surface area contributed by atoms with Crippen LogP contribution in [0, 0.1) is 0 Å². The standard InChI is InChI=1S/C14H30O8Si/c1-8-12(23)14(19-9(2)16-5,20-10(3)17-6)13(15)22-21-11(4)18-7/h9-12H,8H2,1-7,23H3. The predicted octanol–water partition coefficient (Wildman–Crippen LogP) is 0.732. The Hall–Kier alpha value is -0.553. The van der Waals surface area contributed by atoms with Crippen LogP contribution in [0.25, 0.3) is 0 Å². The molecule has 0 aromatic rings. The molecule has 0 spiro atoms. The molecular weight excluding hydrogens is 324 g/mol. The Morgan fingerprint density at radius 1 is 0.957 bits per heavy atom. The van der Waals surface area contributed by atoms with Gasteiger partial charge in [0.05, 0.1) is 0 Å². The fourth-order valence-electron chi connectivity index (χ4n) is 1.62. The van der Waals surface area contributed by atoms with Gasteiger partial charge >= 0.3 is 5.97 Å². The minimum absolute atomic E-state index is 0.216. The molecule has 0 saturated carbocycles. The average molecular weight is 354 g/mol. The quantitative estimate of drug-likeness (QED) is 0.220. The van der Waals surface area contributed by atoms with Crippen LogP contribution in [0.3, 0.4) is 0 Å². The lowest BCUT2D eigenvalue weighted by Crippen LogP contribution is -2.53. The van der Waals surface area contributed by atoms with E-state index in [0.717, 1.165) is 0 Å². The Morgan fingerprint density at radius 3 is 1.74 bits per heavy atom. The van der Waals surface area contributed by atoms with Crippen LogP contribution in [-0.4, -0.2) is 62.2 Å². The van der Waals surface area contributed by atoms with Crippen molar-refractivity contribution >= 4 is 16.2 Å². The van der Waals surface area contributed by atoms with Crippen molar-refractivity contribution in [1.82, 2.24) is 0 Å². The molecule has 0 bridgehead atoms. The maximum atomic E-state index is 12.6. The van der Waals surface area contributed by atoms with Gasteiger partial charge in [0, 0.05) is 37.1 Å². The van der Waals surface area contributed by atoms with Gasteiger partial charge in [0.1, 0.15) is 0 Å². The Morgan fingerprint density at radius 2 is 1.39 bits per heavy atom. The summed E-state index contributed by atoms with van der Waals surface area (Å²) in [6.07, 6.45) is -1.44. The molecule has 4 atom stereocenters. The molecule has 0 aliphatic heterocycles. The number of methoxy groups -OCH3 is 3. The minimum atomic E-state index is -1.68. The molecule has 0 saturated heterocycles. The third-order valence-corrected chi connectivity index (χ3v) is 5.06. The number of hydrogen-bond donors (Lipinski definition) is 0. The van der Waals surface area contributed by atoms with E-state index in [1.54, 1.807) is 20.8 Å². The van der Waals surface area contributed by atoms with Crippen LogP contribution in [-0.2, 0) is 38.3 Å². The number of ether oxygens (including phenoxy) is 5. The van der Waals surface area contributed by atoms with E-state index < -0.39 is 30.6 Å². The number of carbonyl (C=O) groups excluding carboxylic acids is 1. The molecule has 0 aromatic heterocycles. The van der Waals surface area contributed by atoms with Crippen molar-refractivity contribution in [2.24, 2.45) is 0 Å². The van der Waals surface area contributed by atoms with Gasteiger partial charge in [-0.3, -0.25) is 4.89 Å². The highest BCUT2D eigenvalue weighted by atomic mass is 28.1. The van der Waals surface area contributed by atoms with Crippen LogP contribution in [0.5, 0.6) is 0 Å². The van der Waals surface area contributed by atoms with Crippen LogP contribution in [0.1, 0.15) is 34.1 Å². The number of carbonyl (C=O) groups is 1. The maximum absolute atomic E-state index is 12.6. The van der Waals surface area contributed by atoms with Gasteiger partial charge in [-0.1, -0.05) is 13.3 Å². The molecule has 0 N–H and O–H groups in total.